The summed E-state index contributed by atoms with van der Waals surface area (Å²) in [6, 6.07) is 15.4. The van der Waals surface area contributed by atoms with E-state index in [0.29, 0.717) is 27.4 Å². The first-order valence-electron chi connectivity index (χ1n) is 13.7. The molecule has 0 saturated carbocycles. The SMILES string of the molecule is COc1ccc(COC(Cc2ccc(OC)cc2)[C@H]2O[C@@H](n3cnc4c(O)ncnc43)[C@H](OC(=S)SC)[C@@H]2OC(=S)SC)cc1. The fourth-order valence-electron chi connectivity index (χ4n) is 4.98. The largest absolute Gasteiger partial charge is 0.497 e. The second-order valence-corrected chi connectivity index (χ2v) is 12.7. The van der Waals surface area contributed by atoms with Crippen molar-refractivity contribution >= 4 is 67.9 Å². The number of thiocarbonyl (C=S) groups is 2. The molecule has 45 heavy (non-hydrogen) atoms. The van der Waals surface area contributed by atoms with Gasteiger partial charge in [0.05, 0.1) is 33.3 Å². The Bertz CT molecular complexity index is 1610. The molecule has 5 atom stereocenters. The van der Waals surface area contributed by atoms with Gasteiger partial charge in [0.2, 0.25) is 14.6 Å². The summed E-state index contributed by atoms with van der Waals surface area (Å²) in [6.07, 6.45) is 3.34. The van der Waals surface area contributed by atoms with Gasteiger partial charge < -0.3 is 33.5 Å². The van der Waals surface area contributed by atoms with Gasteiger partial charge in [0.25, 0.3) is 0 Å². The van der Waals surface area contributed by atoms with E-state index in [1.54, 1.807) is 18.8 Å². The van der Waals surface area contributed by atoms with E-state index < -0.39 is 30.6 Å². The van der Waals surface area contributed by atoms with Gasteiger partial charge in [-0.2, -0.15) is 4.98 Å². The van der Waals surface area contributed by atoms with E-state index in [4.69, 9.17) is 52.9 Å². The van der Waals surface area contributed by atoms with Crippen molar-refractivity contribution in [2.75, 3.05) is 26.7 Å². The molecule has 3 heterocycles. The van der Waals surface area contributed by atoms with Crippen molar-refractivity contribution in [3.05, 3.63) is 72.3 Å². The molecule has 5 rings (SSSR count). The van der Waals surface area contributed by atoms with E-state index >= 15 is 0 Å². The highest BCUT2D eigenvalue weighted by Crippen LogP contribution is 2.40. The average Bonchev–Trinajstić information content (AvgIpc) is 3.65. The zero-order chi connectivity index (χ0) is 31.9. The summed E-state index contributed by atoms with van der Waals surface area (Å²) in [7, 11) is 3.25. The van der Waals surface area contributed by atoms with Gasteiger partial charge in [0.1, 0.15) is 23.9 Å². The average molecular weight is 689 g/mol. The predicted octanol–water partition coefficient (Wildman–Crippen LogP) is 5.34. The molecule has 0 bridgehead atoms. The summed E-state index contributed by atoms with van der Waals surface area (Å²) in [5.74, 6) is 1.25. The number of methoxy groups -OCH3 is 2. The number of aromatic nitrogens is 4. The van der Waals surface area contributed by atoms with E-state index in [1.165, 1.54) is 36.2 Å². The molecule has 11 nitrogen and oxygen atoms in total. The predicted molar refractivity (Wildman–Crippen MR) is 181 cm³/mol. The third-order valence-electron chi connectivity index (χ3n) is 7.22. The molecule has 1 unspecified atom stereocenters. The minimum atomic E-state index is -0.822. The van der Waals surface area contributed by atoms with Gasteiger partial charge in [-0.25, -0.2) is 9.97 Å². The number of nitrogens with zero attached hydrogens (tertiary/aromatic N) is 4. The number of rotatable bonds is 11. The molecule has 2 aromatic carbocycles. The maximum Gasteiger partial charge on any atom is 0.242 e. The topological polar surface area (TPSA) is 119 Å². The van der Waals surface area contributed by atoms with Gasteiger partial charge in [-0.05, 0) is 72.3 Å². The van der Waals surface area contributed by atoms with Gasteiger partial charge in [0.15, 0.2) is 29.6 Å². The number of fused-ring (bicyclic) bond motifs is 1. The zero-order valence-electron chi connectivity index (χ0n) is 24.9. The maximum atomic E-state index is 10.3. The van der Waals surface area contributed by atoms with Gasteiger partial charge in [-0.15, -0.1) is 0 Å². The minimum absolute atomic E-state index is 0.221. The molecule has 1 aliphatic heterocycles. The maximum absolute atomic E-state index is 10.3. The first kappa shape index (κ1) is 33.2. The Labute approximate surface area is 279 Å². The van der Waals surface area contributed by atoms with E-state index in [2.05, 4.69) is 15.0 Å². The number of hydrogen-bond donors (Lipinski definition) is 1. The zero-order valence-corrected chi connectivity index (χ0v) is 28.2. The van der Waals surface area contributed by atoms with Gasteiger partial charge in [-0.1, -0.05) is 47.8 Å². The minimum Gasteiger partial charge on any atom is -0.497 e. The van der Waals surface area contributed by atoms with Crippen LogP contribution in [-0.2, 0) is 32.0 Å². The summed E-state index contributed by atoms with van der Waals surface area (Å²) < 4.78 is 39.1. The van der Waals surface area contributed by atoms with Crippen LogP contribution < -0.4 is 9.47 Å². The molecule has 238 valence electrons. The number of thioether (sulfide) groups is 2. The first-order valence-corrected chi connectivity index (χ1v) is 17.0. The van der Waals surface area contributed by atoms with Crippen molar-refractivity contribution in [1.82, 2.24) is 19.5 Å². The van der Waals surface area contributed by atoms with Crippen molar-refractivity contribution < 1.29 is 33.5 Å². The van der Waals surface area contributed by atoms with Crippen molar-refractivity contribution in [2.45, 2.75) is 43.7 Å². The van der Waals surface area contributed by atoms with Crippen LogP contribution in [0.5, 0.6) is 17.4 Å². The van der Waals surface area contributed by atoms with Crippen LogP contribution in [0.1, 0.15) is 17.4 Å². The van der Waals surface area contributed by atoms with Crippen LogP contribution in [0.3, 0.4) is 0 Å². The van der Waals surface area contributed by atoms with Crippen molar-refractivity contribution in [3.8, 4) is 17.4 Å². The lowest BCUT2D eigenvalue weighted by Crippen LogP contribution is -2.44. The molecule has 1 N–H and O–H groups in total. The van der Waals surface area contributed by atoms with E-state index in [0.717, 1.165) is 22.6 Å². The summed E-state index contributed by atoms with van der Waals surface area (Å²) in [4.78, 5) is 12.5. The summed E-state index contributed by atoms with van der Waals surface area (Å²) >= 11 is 13.6. The Balaban J connectivity index is 1.55. The third-order valence-corrected chi connectivity index (χ3v) is 9.27. The molecule has 0 amide bonds. The Morgan fingerprint density at radius 2 is 1.49 bits per heavy atom. The lowest BCUT2D eigenvalue weighted by molar-refractivity contribution is -0.109. The second-order valence-electron chi connectivity index (χ2n) is 9.84. The Morgan fingerprint density at radius 1 is 0.889 bits per heavy atom. The van der Waals surface area contributed by atoms with Crippen molar-refractivity contribution in [3.63, 3.8) is 0 Å². The van der Waals surface area contributed by atoms with Crippen LogP contribution in [0.15, 0.2) is 61.2 Å². The first-order chi connectivity index (χ1) is 21.8. The smallest absolute Gasteiger partial charge is 0.242 e. The van der Waals surface area contributed by atoms with Crippen LogP contribution in [-0.4, -0.2) is 84.5 Å². The number of aromatic hydroxyl groups is 1. The molecule has 1 saturated heterocycles. The van der Waals surface area contributed by atoms with Crippen molar-refractivity contribution in [1.29, 1.82) is 0 Å². The molecule has 1 aliphatic rings. The number of hydrogen-bond acceptors (Lipinski definition) is 14. The fourth-order valence-corrected chi connectivity index (χ4v) is 5.62. The molecule has 0 radical (unpaired) electrons. The van der Waals surface area contributed by atoms with Gasteiger partial charge in [0, 0.05) is 6.42 Å². The number of imidazole rings is 1. The highest BCUT2D eigenvalue weighted by Gasteiger charge is 2.53. The van der Waals surface area contributed by atoms with Gasteiger partial charge in [-0.3, -0.25) is 4.57 Å². The quantitative estimate of drug-likeness (QED) is 0.204. The normalized spacial score (nSPS) is 20.1. The lowest BCUT2D eigenvalue weighted by Gasteiger charge is -2.29. The van der Waals surface area contributed by atoms with Crippen LogP contribution in [0.4, 0.5) is 0 Å². The Hall–Kier alpha value is -3.21. The monoisotopic (exact) mass is 688 g/mol. The van der Waals surface area contributed by atoms with Crippen molar-refractivity contribution in [2.24, 2.45) is 0 Å². The second kappa shape index (κ2) is 15.4. The number of benzene rings is 2. The molecular formula is C30H32N4O7S4. The lowest BCUT2D eigenvalue weighted by atomic mass is 9.98. The standard InChI is InChI=1S/C30H32N4O7S4/c1-36-19-9-5-17(6-10-19)13-21(38-14-18-7-11-20(37-2)12-8-18)23-24(40-29(42)44-3)25(41-30(43)45-4)28(39-23)34-16-33-22-26(34)31-15-32-27(22)35/h5-12,15-16,21,23-25,28H,13-14H2,1-4H3,(H,31,32,35)/t21?,23-,24-,25-,28-/m1/s1. The fraction of sp³-hybridized carbons (Fsp3) is 0.367. The van der Waals surface area contributed by atoms with E-state index in [1.807, 2.05) is 61.0 Å². The third kappa shape index (κ3) is 7.79. The highest BCUT2D eigenvalue weighted by atomic mass is 32.2. The molecule has 4 aromatic rings. The van der Waals surface area contributed by atoms with E-state index in [-0.39, 0.29) is 11.4 Å². The summed E-state index contributed by atoms with van der Waals surface area (Å²) in [6.45, 7) is 0.291. The summed E-state index contributed by atoms with van der Waals surface area (Å²) in [5, 5.41) is 10.3. The van der Waals surface area contributed by atoms with Crippen LogP contribution in [0, 0.1) is 0 Å². The van der Waals surface area contributed by atoms with Gasteiger partial charge >= 0.3 is 0 Å². The molecule has 0 aliphatic carbocycles. The van der Waals surface area contributed by atoms with Crippen LogP contribution >= 0.6 is 48.0 Å². The molecule has 1 fully saturated rings. The molecule has 2 aromatic heterocycles. The molecule has 15 heteroatoms. The Morgan fingerprint density at radius 3 is 2.09 bits per heavy atom. The summed E-state index contributed by atoms with van der Waals surface area (Å²) in [5.41, 5.74) is 2.52. The number of ether oxygens (including phenoxy) is 6. The van der Waals surface area contributed by atoms with Crippen LogP contribution in [0.25, 0.3) is 11.2 Å². The van der Waals surface area contributed by atoms with E-state index in [9.17, 15) is 5.11 Å². The Kier molecular flexibility index (Phi) is 11.3. The van der Waals surface area contributed by atoms with Crippen LogP contribution in [0.2, 0.25) is 0 Å². The molecular weight excluding hydrogens is 657 g/mol. The highest BCUT2D eigenvalue weighted by molar-refractivity contribution is 8.22. The molecule has 0 spiro atoms.